The number of nitrogens with two attached hydrogens (primary N) is 1. The topological polar surface area (TPSA) is 141 Å². The zero-order valence-corrected chi connectivity index (χ0v) is 14.4. The van der Waals surface area contributed by atoms with E-state index < -0.39 is 0 Å². The predicted octanol–water partition coefficient (Wildman–Crippen LogP) is 1.05. The van der Waals surface area contributed by atoms with E-state index in [1.54, 1.807) is 35.4 Å². The summed E-state index contributed by atoms with van der Waals surface area (Å²) in [5.41, 5.74) is 7.54. The summed E-state index contributed by atoms with van der Waals surface area (Å²) in [5.74, 6) is 0.0248. The SMILES string of the molecule is NC(=O)CCn1cc(-c2cnc3ccc(NC(=O)NC4CC4)nc3n2)cn1. The highest BCUT2D eigenvalue weighted by Crippen LogP contribution is 2.20. The summed E-state index contributed by atoms with van der Waals surface area (Å²) in [4.78, 5) is 36.0. The van der Waals surface area contributed by atoms with Crippen LogP contribution in [-0.4, -0.2) is 42.7 Å². The van der Waals surface area contributed by atoms with Crippen molar-refractivity contribution in [2.24, 2.45) is 5.73 Å². The van der Waals surface area contributed by atoms with Gasteiger partial charge < -0.3 is 11.1 Å². The molecule has 0 atom stereocenters. The Morgan fingerprint density at radius 1 is 1.22 bits per heavy atom. The Balaban J connectivity index is 1.53. The van der Waals surface area contributed by atoms with Gasteiger partial charge in [-0.2, -0.15) is 5.10 Å². The molecule has 10 heteroatoms. The quantitative estimate of drug-likeness (QED) is 0.595. The highest BCUT2D eigenvalue weighted by atomic mass is 16.2. The van der Waals surface area contributed by atoms with Crippen molar-refractivity contribution in [2.45, 2.75) is 31.8 Å². The number of pyridine rings is 1. The van der Waals surface area contributed by atoms with Gasteiger partial charge in [0.2, 0.25) is 5.91 Å². The fraction of sp³-hybridized carbons (Fsp3) is 0.294. The molecule has 4 N–H and O–H groups in total. The van der Waals surface area contributed by atoms with Gasteiger partial charge in [-0.1, -0.05) is 0 Å². The summed E-state index contributed by atoms with van der Waals surface area (Å²) in [6.45, 7) is 0.402. The number of carbonyl (C=O) groups excluding carboxylic acids is 2. The van der Waals surface area contributed by atoms with Crippen molar-refractivity contribution in [3.63, 3.8) is 0 Å². The van der Waals surface area contributed by atoms with Crippen LogP contribution in [0.15, 0.2) is 30.7 Å². The van der Waals surface area contributed by atoms with E-state index in [9.17, 15) is 9.59 Å². The first kappa shape index (κ1) is 16.9. The summed E-state index contributed by atoms with van der Waals surface area (Å²) in [6.07, 6.45) is 7.28. The van der Waals surface area contributed by atoms with E-state index in [1.165, 1.54) is 0 Å². The number of aryl methyl sites for hydroxylation is 1. The molecule has 10 nitrogen and oxygen atoms in total. The molecule has 1 fully saturated rings. The smallest absolute Gasteiger partial charge is 0.320 e. The third kappa shape index (κ3) is 4.17. The van der Waals surface area contributed by atoms with E-state index >= 15 is 0 Å². The number of nitrogens with one attached hydrogen (secondary N) is 2. The summed E-state index contributed by atoms with van der Waals surface area (Å²) >= 11 is 0. The predicted molar refractivity (Wildman–Crippen MR) is 97.5 cm³/mol. The Kier molecular flexibility index (Phi) is 4.37. The molecular weight excluding hydrogens is 348 g/mol. The molecule has 1 saturated carbocycles. The van der Waals surface area contributed by atoms with Crippen molar-refractivity contribution in [3.05, 3.63) is 30.7 Å². The molecular formula is C17H18N8O2. The van der Waals surface area contributed by atoms with Crippen molar-refractivity contribution in [2.75, 3.05) is 5.32 Å². The lowest BCUT2D eigenvalue weighted by molar-refractivity contribution is -0.118. The number of aromatic nitrogens is 5. The molecule has 1 aliphatic rings. The summed E-state index contributed by atoms with van der Waals surface area (Å²) in [7, 11) is 0. The van der Waals surface area contributed by atoms with Gasteiger partial charge in [0.15, 0.2) is 5.65 Å². The number of carbonyl (C=O) groups is 2. The fourth-order valence-electron chi connectivity index (χ4n) is 2.51. The average molecular weight is 366 g/mol. The molecule has 4 rings (SSSR count). The molecule has 27 heavy (non-hydrogen) atoms. The van der Waals surface area contributed by atoms with Crippen LogP contribution in [-0.2, 0) is 11.3 Å². The van der Waals surface area contributed by atoms with E-state index in [0.717, 1.165) is 18.4 Å². The van der Waals surface area contributed by atoms with Gasteiger partial charge in [-0.05, 0) is 25.0 Å². The van der Waals surface area contributed by atoms with Crippen LogP contribution in [0.3, 0.4) is 0 Å². The number of hydrogen-bond acceptors (Lipinski definition) is 6. The fourth-order valence-corrected chi connectivity index (χ4v) is 2.51. The molecule has 1 aliphatic carbocycles. The minimum absolute atomic E-state index is 0.212. The minimum atomic E-state index is -0.382. The van der Waals surface area contributed by atoms with Crippen LogP contribution in [0.4, 0.5) is 10.6 Å². The Morgan fingerprint density at radius 3 is 2.85 bits per heavy atom. The normalized spacial score (nSPS) is 13.5. The van der Waals surface area contributed by atoms with Gasteiger partial charge in [0.1, 0.15) is 11.3 Å². The lowest BCUT2D eigenvalue weighted by atomic mass is 10.2. The monoisotopic (exact) mass is 366 g/mol. The second-order valence-electron chi connectivity index (χ2n) is 6.38. The largest absolute Gasteiger partial charge is 0.370 e. The Hall–Kier alpha value is -3.56. The lowest BCUT2D eigenvalue weighted by Gasteiger charge is -2.06. The molecule has 0 bridgehead atoms. The average Bonchev–Trinajstić information content (AvgIpc) is 3.32. The maximum Gasteiger partial charge on any atom is 0.320 e. The zero-order valence-electron chi connectivity index (χ0n) is 14.4. The molecule has 3 heterocycles. The summed E-state index contributed by atoms with van der Waals surface area (Å²) in [6, 6.07) is 3.43. The number of primary amides is 1. The van der Waals surface area contributed by atoms with Crippen LogP contribution >= 0.6 is 0 Å². The molecule has 0 saturated heterocycles. The third-order valence-corrected chi connectivity index (χ3v) is 4.08. The molecule has 138 valence electrons. The van der Waals surface area contributed by atoms with Crippen LogP contribution in [0, 0.1) is 0 Å². The lowest BCUT2D eigenvalue weighted by Crippen LogP contribution is -2.30. The molecule has 0 unspecified atom stereocenters. The van der Waals surface area contributed by atoms with Crippen molar-refractivity contribution in [1.82, 2.24) is 30.0 Å². The van der Waals surface area contributed by atoms with Gasteiger partial charge in [0.05, 0.1) is 18.1 Å². The molecule has 0 radical (unpaired) electrons. The van der Waals surface area contributed by atoms with Crippen LogP contribution in [0.5, 0.6) is 0 Å². The van der Waals surface area contributed by atoms with E-state index in [4.69, 9.17) is 5.73 Å². The standard InChI is InChI=1S/C17H18N8O2/c18-14(26)5-6-25-9-10(7-20-25)13-8-19-12-3-4-15(23-16(12)22-13)24-17(27)21-11-1-2-11/h3-4,7-9,11H,1-2,5-6H2,(H2,18,26)(H2,21,22,23,24,27). The van der Waals surface area contributed by atoms with Gasteiger partial charge in [-0.15, -0.1) is 0 Å². The van der Waals surface area contributed by atoms with E-state index in [1.807, 2.05) is 0 Å². The van der Waals surface area contributed by atoms with Gasteiger partial charge in [-0.3, -0.25) is 19.8 Å². The highest BCUT2D eigenvalue weighted by molar-refractivity contribution is 5.89. The van der Waals surface area contributed by atoms with Gasteiger partial charge in [0.25, 0.3) is 0 Å². The maximum absolute atomic E-state index is 11.9. The molecule has 3 aromatic heterocycles. The second-order valence-corrected chi connectivity index (χ2v) is 6.38. The highest BCUT2D eigenvalue weighted by Gasteiger charge is 2.23. The van der Waals surface area contributed by atoms with Crippen LogP contribution in [0.2, 0.25) is 0 Å². The Labute approximate surface area is 154 Å². The van der Waals surface area contributed by atoms with E-state index in [0.29, 0.717) is 29.2 Å². The maximum atomic E-state index is 11.9. The van der Waals surface area contributed by atoms with E-state index in [-0.39, 0.29) is 24.4 Å². The van der Waals surface area contributed by atoms with Crippen molar-refractivity contribution < 1.29 is 9.59 Å². The number of urea groups is 1. The Morgan fingerprint density at radius 2 is 2.07 bits per heavy atom. The van der Waals surface area contributed by atoms with Gasteiger partial charge >= 0.3 is 6.03 Å². The number of rotatable bonds is 6. The van der Waals surface area contributed by atoms with E-state index in [2.05, 4.69) is 30.7 Å². The third-order valence-electron chi connectivity index (χ3n) is 4.08. The zero-order chi connectivity index (χ0) is 18.8. The molecule has 3 amide bonds. The van der Waals surface area contributed by atoms with Gasteiger partial charge in [-0.25, -0.2) is 14.8 Å². The first-order valence-corrected chi connectivity index (χ1v) is 8.59. The van der Waals surface area contributed by atoms with Crippen LogP contribution < -0.4 is 16.4 Å². The summed E-state index contributed by atoms with van der Waals surface area (Å²) < 4.78 is 1.62. The van der Waals surface area contributed by atoms with Crippen LogP contribution in [0.25, 0.3) is 22.4 Å². The van der Waals surface area contributed by atoms with Crippen LogP contribution in [0.1, 0.15) is 19.3 Å². The summed E-state index contributed by atoms with van der Waals surface area (Å²) in [5, 5.41) is 9.74. The number of nitrogens with zero attached hydrogens (tertiary/aromatic N) is 5. The number of hydrogen-bond donors (Lipinski definition) is 3. The number of amides is 3. The van der Waals surface area contributed by atoms with Crippen molar-refractivity contribution >= 4 is 28.9 Å². The number of fused-ring (bicyclic) bond motifs is 1. The molecule has 3 aromatic rings. The molecule has 0 spiro atoms. The minimum Gasteiger partial charge on any atom is -0.370 e. The molecule has 0 aromatic carbocycles. The first-order valence-electron chi connectivity index (χ1n) is 8.59. The second kappa shape index (κ2) is 6.98. The Bertz CT molecular complexity index is 1010. The first-order chi connectivity index (χ1) is 13.1. The molecule has 0 aliphatic heterocycles. The van der Waals surface area contributed by atoms with Crippen molar-refractivity contribution in [3.8, 4) is 11.3 Å². The van der Waals surface area contributed by atoms with Gasteiger partial charge in [0, 0.05) is 30.8 Å². The van der Waals surface area contributed by atoms with Crippen molar-refractivity contribution in [1.29, 1.82) is 0 Å². The number of anilines is 1.